The first-order valence-electron chi connectivity index (χ1n) is 15.7. The molecular weight excluding hydrogens is 627 g/mol. The third kappa shape index (κ3) is 9.38. The maximum Gasteiger partial charge on any atom is 0.258 e. The number of sulfonamides is 1. The second-order valence-corrected chi connectivity index (χ2v) is 15.2. The number of rotatable bonds is 9. The highest BCUT2D eigenvalue weighted by Gasteiger charge is 2.32. The number of aliphatic hydroxyl groups excluding tert-OH is 1. The van der Waals surface area contributed by atoms with Crippen LogP contribution in [0, 0.1) is 5.92 Å². The van der Waals surface area contributed by atoms with Gasteiger partial charge in [0, 0.05) is 38.3 Å². The molecule has 0 bridgehead atoms. The molecule has 4 rings (SSSR count). The average Bonchev–Trinajstić information content (AvgIpc) is 3.59. The quantitative estimate of drug-likeness (QED) is 0.326. The molecule has 2 aromatic carbocycles. The van der Waals surface area contributed by atoms with Crippen LogP contribution >= 0.6 is 11.3 Å². The first kappa shape index (κ1) is 35.6. The molecule has 12 heteroatoms. The summed E-state index contributed by atoms with van der Waals surface area (Å²) in [5.41, 5.74) is 1.59. The summed E-state index contributed by atoms with van der Waals surface area (Å²) >= 11 is 1.16. The van der Waals surface area contributed by atoms with E-state index in [4.69, 9.17) is 9.47 Å². The van der Waals surface area contributed by atoms with Crippen molar-refractivity contribution < 1.29 is 32.6 Å². The second kappa shape index (κ2) is 16.5. The molecule has 4 atom stereocenters. The number of amides is 2. The lowest BCUT2D eigenvalue weighted by atomic mass is 10.0. The summed E-state index contributed by atoms with van der Waals surface area (Å²) in [5.74, 6) is -0.485. The SMILES string of the molecule is C[C@@H]1CN([C@H](C)CO)C(=O)c2cc(NC(=O)Cc3ccccc3)ccc2O[C@@H](C)CCCCO[C@H]1CN(C)S(=O)(=O)c1cccs1. The van der Waals surface area contributed by atoms with Crippen molar-refractivity contribution >= 4 is 38.9 Å². The maximum absolute atomic E-state index is 14.3. The number of benzene rings is 2. The predicted molar refractivity (Wildman–Crippen MR) is 180 cm³/mol. The van der Waals surface area contributed by atoms with Crippen molar-refractivity contribution in [2.45, 2.75) is 68.9 Å². The highest BCUT2D eigenvalue weighted by Crippen LogP contribution is 2.29. The van der Waals surface area contributed by atoms with Crippen LogP contribution < -0.4 is 10.1 Å². The molecule has 1 aliphatic heterocycles. The topological polar surface area (TPSA) is 125 Å². The van der Waals surface area contributed by atoms with E-state index >= 15 is 0 Å². The lowest BCUT2D eigenvalue weighted by molar-refractivity contribution is -0.115. The Morgan fingerprint density at radius 3 is 2.59 bits per heavy atom. The van der Waals surface area contributed by atoms with Crippen molar-refractivity contribution in [1.82, 2.24) is 9.21 Å². The van der Waals surface area contributed by atoms with Gasteiger partial charge in [-0.05, 0) is 68.3 Å². The van der Waals surface area contributed by atoms with Crippen LogP contribution in [0.4, 0.5) is 5.69 Å². The van der Waals surface area contributed by atoms with E-state index in [0.29, 0.717) is 18.0 Å². The van der Waals surface area contributed by atoms with Crippen LogP contribution in [0.3, 0.4) is 0 Å². The van der Waals surface area contributed by atoms with E-state index in [-0.39, 0.29) is 59.7 Å². The van der Waals surface area contributed by atoms with E-state index in [9.17, 15) is 23.1 Å². The van der Waals surface area contributed by atoms with Crippen LogP contribution in [0.5, 0.6) is 5.75 Å². The molecular formula is C34H45N3O7S2. The van der Waals surface area contributed by atoms with E-state index in [2.05, 4.69) is 5.32 Å². The molecule has 2 heterocycles. The normalized spacial score (nSPS) is 20.8. The van der Waals surface area contributed by atoms with Gasteiger partial charge in [0.05, 0.1) is 36.8 Å². The molecule has 0 saturated carbocycles. The van der Waals surface area contributed by atoms with Crippen molar-refractivity contribution in [3.05, 3.63) is 77.2 Å². The average molecular weight is 672 g/mol. The predicted octanol–water partition coefficient (Wildman–Crippen LogP) is 5.05. The maximum atomic E-state index is 14.3. The molecule has 1 aliphatic rings. The Balaban J connectivity index is 1.62. The molecule has 0 radical (unpaired) electrons. The molecule has 2 N–H and O–H groups in total. The van der Waals surface area contributed by atoms with E-state index in [1.165, 1.54) is 4.31 Å². The van der Waals surface area contributed by atoms with Gasteiger partial charge in [-0.3, -0.25) is 9.59 Å². The minimum atomic E-state index is -3.71. The summed E-state index contributed by atoms with van der Waals surface area (Å²) < 4.78 is 40.6. The van der Waals surface area contributed by atoms with Gasteiger partial charge in [-0.15, -0.1) is 11.3 Å². The monoisotopic (exact) mass is 671 g/mol. The number of hydrogen-bond acceptors (Lipinski definition) is 8. The van der Waals surface area contributed by atoms with Gasteiger partial charge in [0.15, 0.2) is 0 Å². The van der Waals surface area contributed by atoms with Gasteiger partial charge >= 0.3 is 0 Å². The minimum absolute atomic E-state index is 0.102. The standard InChI is InChI=1S/C34H45N3O7S2/c1-24-21-37(25(2)23-38)34(40)29-20-28(35-32(39)19-27-12-6-5-7-13-27)15-16-30(29)44-26(3)11-8-9-17-43-31(24)22-36(4)46(41,42)33-14-10-18-45-33/h5-7,10,12-16,18,20,24-26,31,38H,8-9,11,17,19,21-23H2,1-4H3,(H,35,39)/t24-,25-,26+,31+/m1/s1. The van der Waals surface area contributed by atoms with Gasteiger partial charge in [0.25, 0.3) is 15.9 Å². The molecule has 0 fully saturated rings. The largest absolute Gasteiger partial charge is 0.490 e. The lowest BCUT2D eigenvalue weighted by Crippen LogP contribution is -2.48. The van der Waals surface area contributed by atoms with Crippen LogP contribution in [0.15, 0.2) is 70.3 Å². The number of nitrogens with zero attached hydrogens (tertiary/aromatic N) is 2. The van der Waals surface area contributed by atoms with Gasteiger partial charge in [-0.1, -0.05) is 43.3 Å². The van der Waals surface area contributed by atoms with Crippen LogP contribution in [-0.2, 0) is 26.0 Å². The van der Waals surface area contributed by atoms with Crippen LogP contribution in [0.1, 0.15) is 56.0 Å². The van der Waals surface area contributed by atoms with Crippen molar-refractivity contribution in [2.75, 3.05) is 38.7 Å². The highest BCUT2D eigenvalue weighted by atomic mass is 32.2. The molecule has 0 aliphatic carbocycles. The number of hydrogen-bond donors (Lipinski definition) is 2. The van der Waals surface area contributed by atoms with E-state index < -0.39 is 22.2 Å². The fourth-order valence-corrected chi connectivity index (χ4v) is 7.75. The number of fused-ring (bicyclic) bond motifs is 1. The zero-order chi connectivity index (χ0) is 33.3. The molecule has 3 aromatic rings. The third-order valence-corrected chi connectivity index (χ3v) is 11.3. The van der Waals surface area contributed by atoms with Crippen molar-refractivity contribution in [3.63, 3.8) is 0 Å². The summed E-state index contributed by atoms with van der Waals surface area (Å²) in [7, 11) is -2.17. The van der Waals surface area contributed by atoms with E-state index in [0.717, 1.165) is 36.2 Å². The van der Waals surface area contributed by atoms with E-state index in [1.54, 1.807) is 54.6 Å². The molecule has 0 unspecified atom stereocenters. The zero-order valence-electron chi connectivity index (χ0n) is 26.9. The number of aliphatic hydroxyl groups is 1. The van der Waals surface area contributed by atoms with E-state index in [1.807, 2.05) is 44.2 Å². The summed E-state index contributed by atoms with van der Waals surface area (Å²) in [6.07, 6.45) is 1.76. The number of ether oxygens (including phenoxy) is 2. The van der Waals surface area contributed by atoms with Crippen molar-refractivity contribution in [2.24, 2.45) is 5.92 Å². The Morgan fingerprint density at radius 2 is 1.89 bits per heavy atom. The molecule has 0 saturated heterocycles. The number of anilines is 1. The molecule has 1 aromatic heterocycles. The van der Waals surface area contributed by atoms with Gasteiger partial charge in [-0.25, -0.2) is 8.42 Å². The molecule has 2 amide bonds. The van der Waals surface area contributed by atoms with Crippen LogP contribution in [0.25, 0.3) is 0 Å². The lowest BCUT2D eigenvalue weighted by Gasteiger charge is -2.35. The Morgan fingerprint density at radius 1 is 1.13 bits per heavy atom. The zero-order valence-corrected chi connectivity index (χ0v) is 28.6. The second-order valence-electron chi connectivity index (χ2n) is 11.9. The fourth-order valence-electron chi connectivity index (χ4n) is 5.36. The smallest absolute Gasteiger partial charge is 0.258 e. The number of nitrogens with one attached hydrogen (secondary N) is 1. The first-order valence-corrected chi connectivity index (χ1v) is 18.0. The highest BCUT2D eigenvalue weighted by molar-refractivity contribution is 7.91. The Kier molecular flexibility index (Phi) is 12.8. The van der Waals surface area contributed by atoms with Crippen molar-refractivity contribution in [3.8, 4) is 5.75 Å². The number of carbonyl (C=O) groups is 2. The van der Waals surface area contributed by atoms with Crippen molar-refractivity contribution in [1.29, 1.82) is 0 Å². The van der Waals surface area contributed by atoms with Crippen LogP contribution in [-0.4, -0.2) is 86.1 Å². The number of likely N-dealkylation sites (N-methyl/N-ethyl adjacent to an activating group) is 1. The Bertz CT molecular complexity index is 1530. The number of carbonyl (C=O) groups excluding carboxylic acids is 2. The van der Waals surface area contributed by atoms with Gasteiger partial charge in [0.1, 0.15) is 9.96 Å². The number of thiophene rings is 1. The summed E-state index contributed by atoms with van der Waals surface area (Å²) in [6.45, 7) is 6.07. The van der Waals surface area contributed by atoms with Gasteiger partial charge < -0.3 is 24.8 Å². The molecule has 0 spiro atoms. The van der Waals surface area contributed by atoms with Crippen LogP contribution in [0.2, 0.25) is 0 Å². The third-order valence-electron chi connectivity index (χ3n) is 8.14. The fraction of sp³-hybridized carbons (Fsp3) is 0.471. The van der Waals surface area contributed by atoms with Gasteiger partial charge in [-0.2, -0.15) is 4.31 Å². The minimum Gasteiger partial charge on any atom is -0.490 e. The molecule has 46 heavy (non-hydrogen) atoms. The molecule has 250 valence electrons. The van der Waals surface area contributed by atoms with Gasteiger partial charge in [0.2, 0.25) is 5.91 Å². The summed E-state index contributed by atoms with van der Waals surface area (Å²) in [5, 5.41) is 14.8. The summed E-state index contributed by atoms with van der Waals surface area (Å²) in [4.78, 5) is 28.7. The Hall–Kier alpha value is -3.29. The molecule has 10 nitrogen and oxygen atoms in total. The first-order chi connectivity index (χ1) is 22.0. The summed E-state index contributed by atoms with van der Waals surface area (Å²) in [6, 6.07) is 17.2. The Labute approximate surface area is 276 Å².